The van der Waals surface area contributed by atoms with E-state index in [0.29, 0.717) is 11.1 Å². The molecule has 2 aromatic rings. The minimum atomic E-state index is -2.89. The normalized spacial score (nSPS) is 19.7. The minimum absolute atomic E-state index is 0. The molecule has 142 valence electrons. The maximum atomic E-state index is 13.3. The number of carbonyl (C=O) groups excluding carboxylic acids is 1. The number of halogens is 4. The van der Waals surface area contributed by atoms with Gasteiger partial charge in [0.25, 0.3) is 5.92 Å². The Kier molecular flexibility index (Phi) is 5.92. The fourth-order valence-corrected chi connectivity index (χ4v) is 2.59. The first-order valence-corrected chi connectivity index (χ1v) is 7.77. The van der Waals surface area contributed by atoms with Crippen LogP contribution in [-0.2, 0) is 4.79 Å². The van der Waals surface area contributed by atoms with E-state index in [-0.39, 0.29) is 29.9 Å². The lowest BCUT2D eigenvalue weighted by atomic mass is 10.1. The SMILES string of the molecule is Cc1cc(-c2noc(C(C)NC(=O)C3CC(F)(F)CN3)n2)ccc1F.Cl. The molecule has 3 rings (SSSR count). The summed E-state index contributed by atoms with van der Waals surface area (Å²) in [6.45, 7) is 2.71. The van der Waals surface area contributed by atoms with Crippen LogP contribution in [0.15, 0.2) is 22.7 Å². The molecule has 1 fully saturated rings. The van der Waals surface area contributed by atoms with Crippen LogP contribution in [0.5, 0.6) is 0 Å². The van der Waals surface area contributed by atoms with E-state index in [2.05, 4.69) is 20.8 Å². The highest BCUT2D eigenvalue weighted by molar-refractivity contribution is 5.85. The monoisotopic (exact) mass is 390 g/mol. The van der Waals surface area contributed by atoms with E-state index in [1.165, 1.54) is 12.1 Å². The van der Waals surface area contributed by atoms with Crippen LogP contribution in [0.25, 0.3) is 11.4 Å². The van der Waals surface area contributed by atoms with Crippen molar-refractivity contribution in [1.82, 2.24) is 20.8 Å². The predicted octanol–water partition coefficient (Wildman–Crippen LogP) is 2.78. The van der Waals surface area contributed by atoms with Crippen LogP contribution in [0.2, 0.25) is 0 Å². The first-order chi connectivity index (χ1) is 11.7. The number of hydrogen-bond acceptors (Lipinski definition) is 5. The van der Waals surface area contributed by atoms with Gasteiger partial charge in [-0.2, -0.15) is 4.98 Å². The molecule has 2 heterocycles. The summed E-state index contributed by atoms with van der Waals surface area (Å²) in [5.41, 5.74) is 1.02. The fourth-order valence-electron chi connectivity index (χ4n) is 2.59. The highest BCUT2D eigenvalue weighted by atomic mass is 35.5. The molecule has 0 bridgehead atoms. The molecule has 1 saturated heterocycles. The molecular weight excluding hydrogens is 373 g/mol. The zero-order valence-corrected chi connectivity index (χ0v) is 14.9. The summed E-state index contributed by atoms with van der Waals surface area (Å²) in [5, 5.41) is 8.86. The summed E-state index contributed by atoms with van der Waals surface area (Å²) in [5.74, 6) is -3.39. The minimum Gasteiger partial charge on any atom is -0.343 e. The fraction of sp³-hybridized carbons (Fsp3) is 0.438. The van der Waals surface area contributed by atoms with Gasteiger partial charge in [-0.3, -0.25) is 10.1 Å². The Morgan fingerprint density at radius 3 is 2.81 bits per heavy atom. The molecule has 1 amide bonds. The number of aromatic nitrogens is 2. The van der Waals surface area contributed by atoms with Crippen molar-refractivity contribution in [2.75, 3.05) is 6.54 Å². The summed E-state index contributed by atoms with van der Waals surface area (Å²) in [6, 6.07) is 2.80. The summed E-state index contributed by atoms with van der Waals surface area (Å²) in [4.78, 5) is 16.2. The van der Waals surface area contributed by atoms with Crippen LogP contribution >= 0.6 is 12.4 Å². The molecule has 0 saturated carbocycles. The Balaban J connectivity index is 0.00000243. The third-order valence-corrected chi connectivity index (χ3v) is 4.01. The Morgan fingerprint density at radius 1 is 1.46 bits per heavy atom. The molecule has 0 radical (unpaired) electrons. The Bertz CT molecular complexity index is 800. The molecule has 10 heteroatoms. The maximum Gasteiger partial charge on any atom is 0.262 e. The lowest BCUT2D eigenvalue weighted by molar-refractivity contribution is -0.124. The third-order valence-electron chi connectivity index (χ3n) is 4.01. The maximum absolute atomic E-state index is 13.3. The van der Waals surface area contributed by atoms with E-state index in [1.807, 2.05) is 0 Å². The highest BCUT2D eigenvalue weighted by Crippen LogP contribution is 2.26. The van der Waals surface area contributed by atoms with Crippen molar-refractivity contribution in [3.63, 3.8) is 0 Å². The van der Waals surface area contributed by atoms with Crippen molar-refractivity contribution in [3.05, 3.63) is 35.5 Å². The molecule has 2 atom stereocenters. The van der Waals surface area contributed by atoms with Gasteiger partial charge in [-0.25, -0.2) is 13.2 Å². The van der Waals surface area contributed by atoms with Crippen LogP contribution in [0.1, 0.15) is 30.8 Å². The van der Waals surface area contributed by atoms with Crippen LogP contribution in [-0.4, -0.2) is 34.6 Å². The van der Waals surface area contributed by atoms with Gasteiger partial charge >= 0.3 is 0 Å². The number of alkyl halides is 2. The second-order valence-corrected chi connectivity index (χ2v) is 6.14. The Hall–Kier alpha value is -2.13. The van der Waals surface area contributed by atoms with E-state index >= 15 is 0 Å². The van der Waals surface area contributed by atoms with E-state index in [9.17, 15) is 18.0 Å². The number of nitrogens with zero attached hydrogens (tertiary/aromatic N) is 2. The summed E-state index contributed by atoms with van der Waals surface area (Å²) in [6.07, 6.45) is -0.546. The van der Waals surface area contributed by atoms with Crippen molar-refractivity contribution in [3.8, 4) is 11.4 Å². The van der Waals surface area contributed by atoms with Gasteiger partial charge in [0.05, 0.1) is 12.6 Å². The average Bonchev–Trinajstić information content (AvgIpc) is 3.16. The van der Waals surface area contributed by atoms with Gasteiger partial charge in [0.2, 0.25) is 17.6 Å². The van der Waals surface area contributed by atoms with Gasteiger partial charge in [-0.05, 0) is 37.6 Å². The lowest BCUT2D eigenvalue weighted by Gasteiger charge is -2.14. The summed E-state index contributed by atoms with van der Waals surface area (Å²) < 4.78 is 44.8. The van der Waals surface area contributed by atoms with Crippen molar-refractivity contribution < 1.29 is 22.5 Å². The van der Waals surface area contributed by atoms with Crippen LogP contribution in [0.4, 0.5) is 13.2 Å². The molecule has 26 heavy (non-hydrogen) atoms. The molecule has 6 nitrogen and oxygen atoms in total. The number of carbonyl (C=O) groups is 1. The molecule has 1 aliphatic rings. The van der Waals surface area contributed by atoms with Crippen LogP contribution < -0.4 is 10.6 Å². The molecule has 2 unspecified atom stereocenters. The van der Waals surface area contributed by atoms with Crippen molar-refractivity contribution in [1.29, 1.82) is 0 Å². The molecule has 0 spiro atoms. The van der Waals surface area contributed by atoms with Crippen LogP contribution in [0, 0.1) is 12.7 Å². The van der Waals surface area contributed by atoms with E-state index in [1.54, 1.807) is 19.9 Å². The van der Waals surface area contributed by atoms with E-state index < -0.39 is 36.9 Å². The van der Waals surface area contributed by atoms with Crippen molar-refractivity contribution in [2.24, 2.45) is 0 Å². The second kappa shape index (κ2) is 7.63. The zero-order valence-electron chi connectivity index (χ0n) is 14.1. The largest absolute Gasteiger partial charge is 0.343 e. The number of hydrogen-bond donors (Lipinski definition) is 2. The van der Waals surface area contributed by atoms with E-state index in [4.69, 9.17) is 4.52 Å². The first kappa shape index (κ1) is 20.2. The Morgan fingerprint density at radius 2 is 2.19 bits per heavy atom. The Labute approximate surface area is 153 Å². The highest BCUT2D eigenvalue weighted by Gasteiger charge is 2.42. The van der Waals surface area contributed by atoms with Crippen molar-refractivity contribution >= 4 is 18.3 Å². The molecule has 1 aliphatic heterocycles. The van der Waals surface area contributed by atoms with Gasteiger partial charge in [0, 0.05) is 12.0 Å². The number of nitrogens with one attached hydrogen (secondary N) is 2. The zero-order chi connectivity index (χ0) is 18.2. The van der Waals surface area contributed by atoms with Gasteiger partial charge in [0.15, 0.2) is 0 Å². The van der Waals surface area contributed by atoms with Gasteiger partial charge in [-0.1, -0.05) is 5.16 Å². The average molecular weight is 391 g/mol. The molecule has 0 aliphatic carbocycles. The van der Waals surface area contributed by atoms with Gasteiger partial charge in [-0.15, -0.1) is 12.4 Å². The van der Waals surface area contributed by atoms with Gasteiger partial charge < -0.3 is 9.84 Å². The molecule has 1 aromatic heterocycles. The van der Waals surface area contributed by atoms with E-state index in [0.717, 1.165) is 0 Å². The molecule has 1 aromatic carbocycles. The lowest BCUT2D eigenvalue weighted by Crippen LogP contribution is -2.41. The second-order valence-electron chi connectivity index (χ2n) is 6.14. The number of amides is 1. The number of benzene rings is 1. The molecular formula is C16H18ClF3N4O2. The standard InChI is InChI=1S/C16H17F3N4O2.ClH/c1-8-5-10(3-4-11(8)17)13-22-15(25-23-13)9(2)21-14(24)12-6-16(18,19)7-20-12;/h3-5,9,12,20H,6-7H2,1-2H3,(H,21,24);1H. The third kappa shape index (κ3) is 4.34. The smallest absolute Gasteiger partial charge is 0.262 e. The topological polar surface area (TPSA) is 80.0 Å². The predicted molar refractivity (Wildman–Crippen MR) is 89.6 cm³/mol. The molecule has 2 N–H and O–H groups in total. The summed E-state index contributed by atoms with van der Waals surface area (Å²) >= 11 is 0. The first-order valence-electron chi connectivity index (χ1n) is 7.77. The van der Waals surface area contributed by atoms with Crippen LogP contribution in [0.3, 0.4) is 0 Å². The quantitative estimate of drug-likeness (QED) is 0.839. The van der Waals surface area contributed by atoms with Gasteiger partial charge in [0.1, 0.15) is 11.9 Å². The van der Waals surface area contributed by atoms with Crippen molar-refractivity contribution in [2.45, 2.75) is 38.3 Å². The summed E-state index contributed by atoms with van der Waals surface area (Å²) in [7, 11) is 0. The number of rotatable bonds is 4. The number of aryl methyl sites for hydroxylation is 1.